The summed E-state index contributed by atoms with van der Waals surface area (Å²) in [6, 6.07) is 3.52. The van der Waals surface area contributed by atoms with E-state index in [4.69, 9.17) is 4.74 Å². The van der Waals surface area contributed by atoms with Crippen molar-refractivity contribution in [1.82, 2.24) is 4.72 Å². The molecular formula is C10H12N2O5S. The van der Waals surface area contributed by atoms with Gasteiger partial charge in [-0.2, -0.15) is 0 Å². The quantitative estimate of drug-likeness (QED) is 0.638. The van der Waals surface area contributed by atoms with Crippen molar-refractivity contribution in [3.8, 4) is 5.75 Å². The highest BCUT2D eigenvalue weighted by molar-refractivity contribution is 7.89. The molecule has 8 heteroatoms. The van der Waals surface area contributed by atoms with Crippen LogP contribution in [0.2, 0.25) is 0 Å². The van der Waals surface area contributed by atoms with Crippen LogP contribution in [0.25, 0.3) is 0 Å². The number of benzene rings is 1. The topological polar surface area (TPSA) is 98.5 Å². The Bertz CT molecular complexity index is 580. The minimum atomic E-state index is -3.69. The summed E-state index contributed by atoms with van der Waals surface area (Å²) in [6.45, 7) is 0. The second-order valence-electron chi connectivity index (χ2n) is 3.99. The van der Waals surface area contributed by atoms with Gasteiger partial charge in [0.05, 0.1) is 16.9 Å². The molecule has 0 bridgehead atoms. The molecule has 18 heavy (non-hydrogen) atoms. The minimum absolute atomic E-state index is 0.0328. The van der Waals surface area contributed by atoms with E-state index in [9.17, 15) is 18.5 Å². The van der Waals surface area contributed by atoms with E-state index in [1.807, 2.05) is 0 Å². The molecule has 0 aromatic heterocycles. The van der Waals surface area contributed by atoms with Gasteiger partial charge in [-0.3, -0.25) is 10.1 Å². The molecule has 1 aromatic rings. The van der Waals surface area contributed by atoms with Crippen molar-refractivity contribution in [1.29, 1.82) is 0 Å². The summed E-state index contributed by atoms with van der Waals surface area (Å²) in [6.07, 6.45) is 1.61. The zero-order valence-corrected chi connectivity index (χ0v) is 10.4. The van der Waals surface area contributed by atoms with Crippen molar-refractivity contribution in [2.24, 2.45) is 0 Å². The average Bonchev–Trinajstić information content (AvgIpc) is 3.11. The lowest BCUT2D eigenvalue weighted by molar-refractivity contribution is -0.386. The van der Waals surface area contributed by atoms with E-state index in [0.29, 0.717) is 0 Å². The molecule has 0 saturated heterocycles. The molecule has 1 N–H and O–H groups in total. The minimum Gasteiger partial charge on any atom is -0.490 e. The Morgan fingerprint density at radius 2 is 2.11 bits per heavy atom. The molecule has 0 amide bonds. The summed E-state index contributed by atoms with van der Waals surface area (Å²) >= 11 is 0. The Morgan fingerprint density at radius 3 is 2.61 bits per heavy atom. The second-order valence-corrected chi connectivity index (χ2v) is 5.70. The van der Waals surface area contributed by atoms with Gasteiger partial charge in [0, 0.05) is 12.1 Å². The van der Waals surface area contributed by atoms with Gasteiger partial charge in [-0.05, 0) is 25.0 Å². The molecular weight excluding hydrogens is 260 g/mol. The van der Waals surface area contributed by atoms with Gasteiger partial charge < -0.3 is 4.74 Å². The molecule has 1 fully saturated rings. The maximum atomic E-state index is 11.9. The van der Waals surface area contributed by atoms with Gasteiger partial charge in [0.25, 0.3) is 0 Å². The highest BCUT2D eigenvalue weighted by Crippen LogP contribution is 2.30. The molecule has 98 valence electrons. The zero-order valence-electron chi connectivity index (χ0n) is 9.62. The first-order valence-corrected chi connectivity index (χ1v) is 6.77. The molecule has 1 aromatic carbocycles. The third-order valence-corrected chi connectivity index (χ3v) is 4.07. The van der Waals surface area contributed by atoms with Crippen LogP contribution in [0, 0.1) is 10.1 Å². The largest absolute Gasteiger partial charge is 0.490 e. The van der Waals surface area contributed by atoms with E-state index in [-0.39, 0.29) is 22.4 Å². The van der Waals surface area contributed by atoms with Crippen molar-refractivity contribution in [2.45, 2.75) is 23.8 Å². The highest BCUT2D eigenvalue weighted by atomic mass is 32.2. The van der Waals surface area contributed by atoms with E-state index in [0.717, 1.165) is 18.9 Å². The summed E-state index contributed by atoms with van der Waals surface area (Å²) in [5.41, 5.74) is -0.365. The third-order valence-electron chi connectivity index (χ3n) is 2.56. The smallest absolute Gasteiger partial charge is 0.312 e. The molecule has 7 nitrogen and oxygen atoms in total. The molecule has 1 aliphatic rings. The second kappa shape index (κ2) is 4.54. The van der Waals surface area contributed by atoms with Crippen LogP contribution >= 0.6 is 0 Å². The Hall–Kier alpha value is -1.67. The van der Waals surface area contributed by atoms with Crippen molar-refractivity contribution in [3.63, 3.8) is 0 Å². The summed E-state index contributed by atoms with van der Waals surface area (Å²) in [7, 11) is -2.40. The summed E-state index contributed by atoms with van der Waals surface area (Å²) < 4.78 is 31.0. The Balaban J connectivity index is 2.39. The lowest BCUT2D eigenvalue weighted by atomic mass is 10.3. The van der Waals surface area contributed by atoms with Crippen LogP contribution in [0.3, 0.4) is 0 Å². The van der Waals surface area contributed by atoms with Gasteiger partial charge in [0.15, 0.2) is 5.75 Å². The average molecular weight is 272 g/mol. The summed E-state index contributed by atoms with van der Waals surface area (Å²) in [5, 5.41) is 10.8. The first-order valence-electron chi connectivity index (χ1n) is 5.29. The van der Waals surface area contributed by atoms with E-state index in [1.165, 1.54) is 19.2 Å². The fourth-order valence-electron chi connectivity index (χ4n) is 1.47. The molecule has 1 saturated carbocycles. The molecule has 0 heterocycles. The van der Waals surface area contributed by atoms with Gasteiger partial charge in [0.2, 0.25) is 10.0 Å². The maximum absolute atomic E-state index is 11.9. The van der Waals surface area contributed by atoms with Crippen molar-refractivity contribution < 1.29 is 18.1 Å². The first kappa shape index (κ1) is 12.8. The number of methoxy groups -OCH3 is 1. The number of nitrogens with one attached hydrogen (secondary N) is 1. The molecule has 0 radical (unpaired) electrons. The van der Waals surface area contributed by atoms with Crippen molar-refractivity contribution in [3.05, 3.63) is 28.3 Å². The van der Waals surface area contributed by atoms with Gasteiger partial charge in [-0.1, -0.05) is 0 Å². The Morgan fingerprint density at radius 1 is 1.44 bits per heavy atom. The zero-order chi connectivity index (χ0) is 13.3. The van der Waals surface area contributed by atoms with Gasteiger partial charge in [0.1, 0.15) is 0 Å². The maximum Gasteiger partial charge on any atom is 0.312 e. The number of nitro groups is 1. The van der Waals surface area contributed by atoms with E-state index in [2.05, 4.69) is 4.72 Å². The summed E-state index contributed by atoms with van der Waals surface area (Å²) in [4.78, 5) is 10.0. The number of nitrogens with zero attached hydrogens (tertiary/aromatic N) is 1. The van der Waals surface area contributed by atoms with E-state index < -0.39 is 14.9 Å². The van der Waals surface area contributed by atoms with Crippen LogP contribution in [0.1, 0.15) is 12.8 Å². The SMILES string of the molecule is COc1ccc(S(=O)(=O)NC2CC2)cc1[N+](=O)[O-]. The first-order chi connectivity index (χ1) is 8.44. The molecule has 0 unspecified atom stereocenters. The van der Waals surface area contributed by atoms with Crippen LogP contribution in [0.4, 0.5) is 5.69 Å². The predicted octanol–water partition coefficient (Wildman–Crippen LogP) is 1.04. The molecule has 1 aliphatic carbocycles. The van der Waals surface area contributed by atoms with E-state index in [1.54, 1.807) is 0 Å². The number of sulfonamides is 1. The number of rotatable bonds is 5. The van der Waals surface area contributed by atoms with Crippen molar-refractivity contribution in [2.75, 3.05) is 7.11 Å². The molecule has 2 rings (SSSR count). The van der Waals surface area contributed by atoms with Crippen LogP contribution in [0.15, 0.2) is 23.1 Å². The predicted molar refractivity (Wildman–Crippen MR) is 63.0 cm³/mol. The number of hydrogen-bond donors (Lipinski definition) is 1. The Kier molecular flexibility index (Phi) is 3.22. The van der Waals surface area contributed by atoms with Crippen LogP contribution < -0.4 is 9.46 Å². The summed E-state index contributed by atoms with van der Waals surface area (Å²) in [5.74, 6) is 0.0328. The third kappa shape index (κ3) is 2.59. The van der Waals surface area contributed by atoms with Gasteiger partial charge >= 0.3 is 5.69 Å². The van der Waals surface area contributed by atoms with Crippen LogP contribution in [0.5, 0.6) is 5.75 Å². The fraction of sp³-hybridized carbons (Fsp3) is 0.400. The van der Waals surface area contributed by atoms with E-state index >= 15 is 0 Å². The molecule has 0 spiro atoms. The number of hydrogen-bond acceptors (Lipinski definition) is 5. The number of ether oxygens (including phenoxy) is 1. The Labute approximate surface area is 104 Å². The lowest BCUT2D eigenvalue weighted by Crippen LogP contribution is -2.25. The lowest BCUT2D eigenvalue weighted by Gasteiger charge is -2.07. The standard InChI is InChI=1S/C10H12N2O5S/c1-17-10-5-4-8(6-9(10)12(13)14)18(15,16)11-7-2-3-7/h4-7,11H,2-3H2,1H3. The van der Waals surface area contributed by atoms with Crippen LogP contribution in [-0.2, 0) is 10.0 Å². The van der Waals surface area contributed by atoms with Gasteiger partial charge in [-0.25, -0.2) is 13.1 Å². The van der Waals surface area contributed by atoms with Crippen LogP contribution in [-0.4, -0.2) is 26.5 Å². The normalized spacial score (nSPS) is 15.4. The van der Waals surface area contributed by atoms with Gasteiger partial charge in [-0.15, -0.1) is 0 Å². The molecule has 0 aliphatic heterocycles. The highest BCUT2D eigenvalue weighted by Gasteiger charge is 2.29. The molecule has 0 atom stereocenters. The monoisotopic (exact) mass is 272 g/mol. The number of nitro benzene ring substituents is 1. The van der Waals surface area contributed by atoms with Crippen molar-refractivity contribution >= 4 is 15.7 Å². The fourth-order valence-corrected chi connectivity index (χ4v) is 2.79.